The van der Waals surface area contributed by atoms with Crippen LogP contribution in [0.2, 0.25) is 0 Å². The van der Waals surface area contributed by atoms with Crippen molar-refractivity contribution in [2.24, 2.45) is 11.7 Å². The molecule has 2 atom stereocenters. The molecule has 1 heterocycles. The van der Waals surface area contributed by atoms with Crippen LogP contribution < -0.4 is 5.73 Å². The average molecular weight is 263 g/mol. The fraction of sp³-hybridized carbons (Fsp3) is 0.533. The summed E-state index contributed by atoms with van der Waals surface area (Å²) >= 11 is 0. The van der Waals surface area contributed by atoms with Crippen molar-refractivity contribution in [3.63, 3.8) is 0 Å². The quantitative estimate of drug-likeness (QED) is 0.848. The summed E-state index contributed by atoms with van der Waals surface area (Å²) in [7, 11) is 0. The summed E-state index contributed by atoms with van der Waals surface area (Å²) in [6, 6.07) is 7.61. The van der Waals surface area contributed by atoms with E-state index in [9.17, 15) is 9.90 Å². The molecule has 19 heavy (non-hydrogen) atoms. The lowest BCUT2D eigenvalue weighted by Gasteiger charge is -2.32. The van der Waals surface area contributed by atoms with E-state index in [1.165, 1.54) is 0 Å². The molecule has 0 saturated carbocycles. The van der Waals surface area contributed by atoms with Gasteiger partial charge in [-0.15, -0.1) is 0 Å². The van der Waals surface area contributed by atoms with E-state index < -0.39 is 11.4 Å². The molecule has 1 aromatic carbocycles. The maximum Gasteiger partial charge on any atom is 0.315 e. The minimum Gasteiger partial charge on any atom is -0.481 e. The Hall–Kier alpha value is -1.39. The molecule has 104 valence electrons. The molecular formula is C15H21NO3. The summed E-state index contributed by atoms with van der Waals surface area (Å²) in [6.45, 7) is 3.41. The SMILES string of the molecule is Cc1ccccc1C(CN)(CC1CCOC1)C(=O)O. The number of rotatable bonds is 5. The average Bonchev–Trinajstić information content (AvgIpc) is 2.89. The van der Waals surface area contributed by atoms with E-state index >= 15 is 0 Å². The van der Waals surface area contributed by atoms with Crippen LogP contribution in [0.3, 0.4) is 0 Å². The number of ether oxygens (including phenoxy) is 1. The van der Waals surface area contributed by atoms with Crippen LogP contribution in [0.5, 0.6) is 0 Å². The minimum atomic E-state index is -0.996. The van der Waals surface area contributed by atoms with Crippen LogP contribution in [0.25, 0.3) is 0 Å². The highest BCUT2D eigenvalue weighted by Gasteiger charge is 2.42. The van der Waals surface area contributed by atoms with Crippen LogP contribution in [0.4, 0.5) is 0 Å². The van der Waals surface area contributed by atoms with Gasteiger partial charge in [0.25, 0.3) is 0 Å². The van der Waals surface area contributed by atoms with Gasteiger partial charge in [0.15, 0.2) is 0 Å². The predicted molar refractivity (Wildman–Crippen MR) is 73.1 cm³/mol. The standard InChI is InChI=1S/C15H21NO3/c1-11-4-2-3-5-13(11)15(10-16,14(17)18)8-12-6-7-19-9-12/h2-5,12H,6-10,16H2,1H3,(H,17,18). The largest absolute Gasteiger partial charge is 0.481 e. The highest BCUT2D eigenvalue weighted by atomic mass is 16.5. The normalized spacial score (nSPS) is 22.1. The van der Waals surface area contributed by atoms with Crippen molar-refractivity contribution in [3.8, 4) is 0 Å². The molecule has 0 bridgehead atoms. The molecule has 1 aromatic rings. The summed E-state index contributed by atoms with van der Waals surface area (Å²) in [6.07, 6.45) is 1.46. The summed E-state index contributed by atoms with van der Waals surface area (Å²) in [5, 5.41) is 9.74. The zero-order valence-corrected chi connectivity index (χ0v) is 11.3. The first-order valence-electron chi connectivity index (χ1n) is 6.67. The van der Waals surface area contributed by atoms with Gasteiger partial charge in [-0.1, -0.05) is 24.3 Å². The zero-order valence-electron chi connectivity index (χ0n) is 11.3. The van der Waals surface area contributed by atoms with Crippen molar-refractivity contribution in [3.05, 3.63) is 35.4 Å². The van der Waals surface area contributed by atoms with E-state index in [0.29, 0.717) is 13.0 Å². The third-order valence-electron chi connectivity index (χ3n) is 4.08. The van der Waals surface area contributed by atoms with Crippen LogP contribution in [0.15, 0.2) is 24.3 Å². The summed E-state index contributed by atoms with van der Waals surface area (Å²) in [4.78, 5) is 11.9. The smallest absolute Gasteiger partial charge is 0.315 e. The molecule has 2 unspecified atom stereocenters. The Morgan fingerprint density at radius 1 is 1.53 bits per heavy atom. The molecular weight excluding hydrogens is 242 g/mol. The molecule has 1 aliphatic rings. The van der Waals surface area contributed by atoms with Crippen LogP contribution >= 0.6 is 0 Å². The van der Waals surface area contributed by atoms with Gasteiger partial charge >= 0.3 is 5.97 Å². The Bertz CT molecular complexity index is 454. The first kappa shape index (κ1) is 14.0. The molecule has 0 radical (unpaired) electrons. The van der Waals surface area contributed by atoms with E-state index in [1.54, 1.807) is 0 Å². The topological polar surface area (TPSA) is 72.5 Å². The number of carboxylic acids is 1. The molecule has 0 aromatic heterocycles. The zero-order chi connectivity index (χ0) is 13.9. The van der Waals surface area contributed by atoms with Crippen molar-refractivity contribution in [1.82, 2.24) is 0 Å². The lowest BCUT2D eigenvalue weighted by atomic mass is 9.72. The molecule has 2 rings (SSSR count). The fourth-order valence-corrected chi connectivity index (χ4v) is 2.94. The van der Waals surface area contributed by atoms with E-state index in [4.69, 9.17) is 10.5 Å². The Labute approximate surface area is 113 Å². The molecule has 4 nitrogen and oxygen atoms in total. The van der Waals surface area contributed by atoms with Crippen LogP contribution in [-0.4, -0.2) is 30.8 Å². The van der Waals surface area contributed by atoms with Crippen LogP contribution in [-0.2, 0) is 14.9 Å². The molecule has 0 amide bonds. The number of hydrogen-bond donors (Lipinski definition) is 2. The lowest BCUT2D eigenvalue weighted by molar-refractivity contribution is -0.144. The molecule has 0 aliphatic carbocycles. The third kappa shape index (κ3) is 2.65. The number of hydrogen-bond acceptors (Lipinski definition) is 3. The number of carboxylic acid groups (broad SMARTS) is 1. The molecule has 0 spiro atoms. The van der Waals surface area contributed by atoms with Gasteiger partial charge in [0.1, 0.15) is 5.41 Å². The molecule has 1 fully saturated rings. The highest BCUT2D eigenvalue weighted by molar-refractivity contribution is 5.82. The summed E-state index contributed by atoms with van der Waals surface area (Å²) in [5.41, 5.74) is 6.68. The Balaban J connectivity index is 2.38. The molecule has 1 saturated heterocycles. The highest BCUT2D eigenvalue weighted by Crippen LogP contribution is 2.35. The molecule has 1 aliphatic heterocycles. The molecule has 4 heteroatoms. The summed E-state index contributed by atoms with van der Waals surface area (Å²) in [5.74, 6) is -0.560. The van der Waals surface area contributed by atoms with Gasteiger partial charge in [-0.25, -0.2) is 0 Å². The Kier molecular flexibility index (Phi) is 4.22. The van der Waals surface area contributed by atoms with Gasteiger partial charge < -0.3 is 15.6 Å². The Morgan fingerprint density at radius 2 is 2.26 bits per heavy atom. The van der Waals surface area contributed by atoms with Gasteiger partial charge in [-0.3, -0.25) is 4.79 Å². The van der Waals surface area contributed by atoms with Gasteiger partial charge in [0.2, 0.25) is 0 Å². The maximum absolute atomic E-state index is 11.9. The lowest BCUT2D eigenvalue weighted by Crippen LogP contribution is -2.45. The minimum absolute atomic E-state index is 0.115. The van der Waals surface area contributed by atoms with Gasteiger partial charge in [0.05, 0.1) is 0 Å². The van der Waals surface area contributed by atoms with Crippen molar-refractivity contribution in [2.75, 3.05) is 19.8 Å². The van der Waals surface area contributed by atoms with Crippen molar-refractivity contribution in [2.45, 2.75) is 25.2 Å². The van der Waals surface area contributed by atoms with E-state index in [-0.39, 0.29) is 12.5 Å². The Morgan fingerprint density at radius 3 is 2.79 bits per heavy atom. The number of benzene rings is 1. The maximum atomic E-state index is 11.9. The number of aliphatic carboxylic acids is 1. The van der Waals surface area contributed by atoms with Crippen molar-refractivity contribution >= 4 is 5.97 Å². The van der Waals surface area contributed by atoms with E-state index in [2.05, 4.69) is 0 Å². The first-order chi connectivity index (χ1) is 9.10. The fourth-order valence-electron chi connectivity index (χ4n) is 2.94. The van der Waals surface area contributed by atoms with Gasteiger partial charge in [-0.05, 0) is 36.8 Å². The van der Waals surface area contributed by atoms with Crippen LogP contribution in [0.1, 0.15) is 24.0 Å². The second kappa shape index (κ2) is 5.72. The number of aryl methyl sites for hydroxylation is 1. The number of carbonyl (C=O) groups is 1. The van der Waals surface area contributed by atoms with Crippen molar-refractivity contribution in [1.29, 1.82) is 0 Å². The third-order valence-corrected chi connectivity index (χ3v) is 4.08. The van der Waals surface area contributed by atoms with Crippen molar-refractivity contribution < 1.29 is 14.6 Å². The predicted octanol–water partition coefficient (Wildman–Crippen LogP) is 1.70. The molecule has 3 N–H and O–H groups in total. The van der Waals surface area contributed by atoms with Crippen LogP contribution in [0, 0.1) is 12.8 Å². The van der Waals surface area contributed by atoms with Gasteiger partial charge in [-0.2, -0.15) is 0 Å². The monoisotopic (exact) mass is 263 g/mol. The second-order valence-electron chi connectivity index (χ2n) is 5.34. The second-order valence-corrected chi connectivity index (χ2v) is 5.34. The van der Waals surface area contributed by atoms with E-state index in [0.717, 1.165) is 24.2 Å². The first-order valence-corrected chi connectivity index (χ1v) is 6.67. The van der Waals surface area contributed by atoms with E-state index in [1.807, 2.05) is 31.2 Å². The number of nitrogens with two attached hydrogens (primary N) is 1. The van der Waals surface area contributed by atoms with Gasteiger partial charge in [0, 0.05) is 19.8 Å². The summed E-state index contributed by atoms with van der Waals surface area (Å²) < 4.78 is 5.36.